The summed E-state index contributed by atoms with van der Waals surface area (Å²) in [5.41, 5.74) is 2.60. The molecular formula is C15H19BrN2O2. The number of nitrogens with one attached hydrogen (secondary N) is 1. The summed E-state index contributed by atoms with van der Waals surface area (Å²) in [6, 6.07) is 5.15. The summed E-state index contributed by atoms with van der Waals surface area (Å²) in [5, 5.41) is 14.2. The van der Waals surface area contributed by atoms with Crippen molar-refractivity contribution in [1.82, 2.24) is 5.32 Å². The lowest BCUT2D eigenvalue weighted by molar-refractivity contribution is -0.385. The molecule has 0 amide bonds. The normalized spacial score (nSPS) is 14.9. The summed E-state index contributed by atoms with van der Waals surface area (Å²) < 4.78 is 0.578. The molecule has 0 saturated heterocycles. The van der Waals surface area contributed by atoms with E-state index in [0.29, 0.717) is 11.0 Å². The van der Waals surface area contributed by atoms with Crippen LogP contribution in [0.4, 0.5) is 5.69 Å². The first-order valence-corrected chi connectivity index (χ1v) is 7.78. The Labute approximate surface area is 127 Å². The number of hydrogen-bond donors (Lipinski definition) is 1. The molecule has 0 spiro atoms. The topological polar surface area (TPSA) is 55.2 Å². The molecule has 2 rings (SSSR count). The molecule has 0 aromatic heterocycles. The van der Waals surface area contributed by atoms with Gasteiger partial charge in [0.2, 0.25) is 0 Å². The zero-order valence-electron chi connectivity index (χ0n) is 11.4. The van der Waals surface area contributed by atoms with Crippen LogP contribution in [0.25, 0.3) is 0 Å². The molecule has 4 nitrogen and oxygen atoms in total. The van der Waals surface area contributed by atoms with Gasteiger partial charge in [-0.1, -0.05) is 23.8 Å². The van der Waals surface area contributed by atoms with Crippen LogP contribution in [0.2, 0.25) is 0 Å². The average Bonchev–Trinajstić information content (AvgIpc) is 2.46. The predicted octanol–water partition coefficient (Wildman–Crippen LogP) is 4.34. The molecule has 20 heavy (non-hydrogen) atoms. The zero-order chi connectivity index (χ0) is 14.4. The maximum absolute atomic E-state index is 10.9. The second-order valence-corrected chi connectivity index (χ2v) is 5.84. The first kappa shape index (κ1) is 15.2. The molecule has 1 aromatic carbocycles. The third-order valence-electron chi connectivity index (χ3n) is 3.58. The van der Waals surface area contributed by atoms with Crippen LogP contribution < -0.4 is 5.32 Å². The number of nitro groups is 1. The molecule has 0 saturated carbocycles. The average molecular weight is 339 g/mol. The number of nitro benzene ring substituents is 1. The van der Waals surface area contributed by atoms with Crippen molar-refractivity contribution in [2.75, 3.05) is 6.54 Å². The fourth-order valence-electron chi connectivity index (χ4n) is 2.45. The van der Waals surface area contributed by atoms with Crippen molar-refractivity contribution in [2.24, 2.45) is 0 Å². The van der Waals surface area contributed by atoms with Gasteiger partial charge in [-0.05, 0) is 60.1 Å². The predicted molar refractivity (Wildman–Crippen MR) is 83.7 cm³/mol. The van der Waals surface area contributed by atoms with E-state index in [1.165, 1.54) is 31.7 Å². The van der Waals surface area contributed by atoms with Crippen LogP contribution >= 0.6 is 15.9 Å². The lowest BCUT2D eigenvalue weighted by Gasteiger charge is -2.13. The van der Waals surface area contributed by atoms with Gasteiger partial charge in [0.15, 0.2) is 0 Å². The van der Waals surface area contributed by atoms with Crippen LogP contribution in [0.5, 0.6) is 0 Å². The van der Waals surface area contributed by atoms with Gasteiger partial charge in [-0.25, -0.2) is 0 Å². The maximum Gasteiger partial charge on any atom is 0.283 e. The highest BCUT2D eigenvalue weighted by Gasteiger charge is 2.14. The summed E-state index contributed by atoms with van der Waals surface area (Å²) >= 11 is 3.32. The van der Waals surface area contributed by atoms with Crippen LogP contribution in [0, 0.1) is 10.1 Å². The van der Waals surface area contributed by atoms with Gasteiger partial charge in [0.1, 0.15) is 0 Å². The Hall–Kier alpha value is -1.20. The summed E-state index contributed by atoms with van der Waals surface area (Å²) in [7, 11) is 0. The smallest absolute Gasteiger partial charge is 0.283 e. The highest BCUT2D eigenvalue weighted by Crippen LogP contribution is 2.28. The van der Waals surface area contributed by atoms with E-state index in [1.807, 2.05) is 6.07 Å². The van der Waals surface area contributed by atoms with E-state index in [2.05, 4.69) is 27.3 Å². The van der Waals surface area contributed by atoms with Gasteiger partial charge >= 0.3 is 0 Å². The van der Waals surface area contributed by atoms with E-state index in [0.717, 1.165) is 18.5 Å². The SMILES string of the molecule is O=[N+]([O-])c1cccc(CNCCC2=CCCCC2)c1Br. The van der Waals surface area contributed by atoms with Crippen molar-refractivity contribution < 1.29 is 4.92 Å². The van der Waals surface area contributed by atoms with E-state index in [-0.39, 0.29) is 10.6 Å². The Morgan fingerprint density at radius 3 is 2.90 bits per heavy atom. The number of allylic oxidation sites excluding steroid dienone is 1. The Morgan fingerprint density at radius 1 is 1.35 bits per heavy atom. The molecule has 0 unspecified atom stereocenters. The molecule has 0 aliphatic heterocycles. The molecule has 5 heteroatoms. The summed E-state index contributed by atoms with van der Waals surface area (Å²) in [4.78, 5) is 10.5. The number of benzene rings is 1. The maximum atomic E-state index is 10.9. The summed E-state index contributed by atoms with van der Waals surface area (Å²) in [6.07, 6.45) is 8.49. The minimum atomic E-state index is -0.361. The first-order valence-electron chi connectivity index (χ1n) is 6.99. The van der Waals surface area contributed by atoms with Gasteiger partial charge in [-0.2, -0.15) is 0 Å². The van der Waals surface area contributed by atoms with Gasteiger partial charge in [0.05, 0.1) is 9.40 Å². The molecule has 0 heterocycles. The molecule has 0 bridgehead atoms. The molecule has 0 radical (unpaired) electrons. The Bertz CT molecular complexity index is 515. The quantitative estimate of drug-likeness (QED) is 0.363. The molecule has 0 atom stereocenters. The van der Waals surface area contributed by atoms with Gasteiger partial charge in [0.25, 0.3) is 5.69 Å². The number of rotatable bonds is 6. The Kier molecular flexibility index (Phi) is 5.73. The number of halogens is 1. The van der Waals surface area contributed by atoms with E-state index in [9.17, 15) is 10.1 Å². The van der Waals surface area contributed by atoms with Gasteiger partial charge in [0, 0.05) is 12.6 Å². The van der Waals surface area contributed by atoms with Gasteiger partial charge < -0.3 is 5.32 Å². The van der Waals surface area contributed by atoms with Crippen LogP contribution in [0.3, 0.4) is 0 Å². The van der Waals surface area contributed by atoms with Crippen molar-refractivity contribution in [3.8, 4) is 0 Å². The molecule has 1 aliphatic carbocycles. The van der Waals surface area contributed by atoms with E-state index in [4.69, 9.17) is 0 Å². The lowest BCUT2D eigenvalue weighted by atomic mass is 9.97. The largest absolute Gasteiger partial charge is 0.312 e. The summed E-state index contributed by atoms with van der Waals surface area (Å²) in [6.45, 7) is 1.57. The molecular weight excluding hydrogens is 320 g/mol. The zero-order valence-corrected chi connectivity index (χ0v) is 13.0. The fourth-order valence-corrected chi connectivity index (χ4v) is 3.00. The molecule has 1 N–H and O–H groups in total. The van der Waals surface area contributed by atoms with Crippen molar-refractivity contribution in [3.63, 3.8) is 0 Å². The molecule has 108 valence electrons. The molecule has 1 aliphatic rings. The molecule has 1 aromatic rings. The van der Waals surface area contributed by atoms with Crippen LogP contribution in [-0.2, 0) is 6.54 Å². The minimum absolute atomic E-state index is 0.124. The van der Waals surface area contributed by atoms with E-state index in [1.54, 1.807) is 11.6 Å². The Morgan fingerprint density at radius 2 is 2.20 bits per heavy atom. The number of hydrogen-bond acceptors (Lipinski definition) is 3. The second-order valence-electron chi connectivity index (χ2n) is 5.04. The van der Waals surface area contributed by atoms with Crippen LogP contribution in [0.15, 0.2) is 34.3 Å². The van der Waals surface area contributed by atoms with E-state index < -0.39 is 0 Å². The van der Waals surface area contributed by atoms with Gasteiger partial charge in [-0.3, -0.25) is 10.1 Å². The van der Waals surface area contributed by atoms with Crippen molar-refractivity contribution in [1.29, 1.82) is 0 Å². The standard InChI is InChI=1S/C15H19BrN2O2/c16-15-13(7-4-8-14(15)18(19)20)11-17-10-9-12-5-2-1-3-6-12/h4-5,7-8,17H,1-3,6,9-11H2. The highest BCUT2D eigenvalue weighted by atomic mass is 79.9. The third kappa shape index (κ3) is 4.15. The molecule has 0 fully saturated rings. The van der Waals surface area contributed by atoms with Crippen LogP contribution in [0.1, 0.15) is 37.7 Å². The summed E-state index contributed by atoms with van der Waals surface area (Å²) in [5.74, 6) is 0. The minimum Gasteiger partial charge on any atom is -0.312 e. The third-order valence-corrected chi connectivity index (χ3v) is 4.49. The van der Waals surface area contributed by atoms with Crippen LogP contribution in [-0.4, -0.2) is 11.5 Å². The highest BCUT2D eigenvalue weighted by molar-refractivity contribution is 9.10. The second kappa shape index (κ2) is 7.55. The Balaban J connectivity index is 1.83. The van der Waals surface area contributed by atoms with Gasteiger partial charge in [-0.15, -0.1) is 0 Å². The van der Waals surface area contributed by atoms with Crippen molar-refractivity contribution >= 4 is 21.6 Å². The monoisotopic (exact) mass is 338 g/mol. The fraction of sp³-hybridized carbons (Fsp3) is 0.467. The van der Waals surface area contributed by atoms with Crippen molar-refractivity contribution in [2.45, 2.75) is 38.6 Å². The lowest BCUT2D eigenvalue weighted by Crippen LogP contribution is -2.16. The first-order chi connectivity index (χ1) is 9.68. The van der Waals surface area contributed by atoms with E-state index >= 15 is 0 Å². The van der Waals surface area contributed by atoms with Crippen molar-refractivity contribution in [3.05, 3.63) is 50.0 Å². The number of nitrogens with zero attached hydrogens (tertiary/aromatic N) is 1.